The lowest BCUT2D eigenvalue weighted by molar-refractivity contribution is -0.125. The third-order valence-corrected chi connectivity index (χ3v) is 2.99. The fraction of sp³-hybridized carbons (Fsp3) is 0.889. The number of hydrogen-bond acceptors (Lipinski definition) is 3. The molecule has 1 amide bonds. The summed E-state index contributed by atoms with van der Waals surface area (Å²) in [5.41, 5.74) is -0.518. The minimum Gasteiger partial charge on any atom is -0.330 e. The van der Waals surface area contributed by atoms with E-state index in [0.717, 1.165) is 19.4 Å². The molecule has 76 valence electrons. The number of carbonyl (C=O) groups is 1. The van der Waals surface area contributed by atoms with E-state index < -0.39 is 5.54 Å². The molecule has 1 aliphatic rings. The second-order valence-electron chi connectivity index (χ2n) is 3.95. The fourth-order valence-corrected chi connectivity index (χ4v) is 2.06. The van der Waals surface area contributed by atoms with E-state index in [4.69, 9.17) is 0 Å². The van der Waals surface area contributed by atoms with Gasteiger partial charge in [0.15, 0.2) is 0 Å². The lowest BCUT2D eigenvalue weighted by atomic mass is 10.0. The van der Waals surface area contributed by atoms with Crippen molar-refractivity contribution in [2.45, 2.75) is 44.6 Å². The minimum absolute atomic E-state index is 0.0728. The van der Waals surface area contributed by atoms with Gasteiger partial charge in [-0.05, 0) is 20.3 Å². The van der Waals surface area contributed by atoms with Crippen molar-refractivity contribution in [2.75, 3.05) is 6.54 Å². The minimum atomic E-state index is -0.401. The number of amides is 1. The average Bonchev–Trinajstić information content (AvgIpc) is 2.21. The second-order valence-corrected chi connectivity index (χ2v) is 4.44. The number of nitrogens with one attached hydrogen (secondary N) is 1. The van der Waals surface area contributed by atoms with Crippen LogP contribution in [-0.2, 0) is 4.79 Å². The molecule has 0 saturated carbocycles. The normalized spacial score (nSPS) is 27.7. The molecule has 0 aromatic rings. The van der Waals surface area contributed by atoms with Gasteiger partial charge in [0.05, 0.1) is 5.54 Å². The standard InChI is InChI=1S/C9H18N2OS/c1-4-5-6-11-8(13)10-7(12)9(11,2)3/h8,13H,4-6H2,1-3H3,(H,10,12). The van der Waals surface area contributed by atoms with E-state index in [1.54, 1.807) is 0 Å². The maximum Gasteiger partial charge on any atom is 0.241 e. The molecule has 13 heavy (non-hydrogen) atoms. The molecule has 1 unspecified atom stereocenters. The second kappa shape index (κ2) is 3.88. The number of nitrogens with zero attached hydrogens (tertiary/aromatic N) is 1. The van der Waals surface area contributed by atoms with Crippen LogP contribution in [-0.4, -0.2) is 28.4 Å². The van der Waals surface area contributed by atoms with E-state index in [2.05, 4.69) is 29.8 Å². The van der Waals surface area contributed by atoms with Crippen molar-refractivity contribution in [1.82, 2.24) is 10.2 Å². The molecule has 0 radical (unpaired) electrons. The Kier molecular flexibility index (Phi) is 3.24. The molecule has 1 N–H and O–H groups in total. The van der Waals surface area contributed by atoms with Crippen molar-refractivity contribution in [3.05, 3.63) is 0 Å². The van der Waals surface area contributed by atoms with Crippen LogP contribution in [0, 0.1) is 0 Å². The predicted molar refractivity (Wildman–Crippen MR) is 56.6 cm³/mol. The number of unbranched alkanes of at least 4 members (excludes halogenated alkanes) is 1. The summed E-state index contributed by atoms with van der Waals surface area (Å²) in [5, 5.41) is 2.82. The summed E-state index contributed by atoms with van der Waals surface area (Å²) < 4.78 is 0. The molecular weight excluding hydrogens is 184 g/mol. The zero-order chi connectivity index (χ0) is 10.1. The first kappa shape index (κ1) is 10.9. The number of hydrogen-bond donors (Lipinski definition) is 2. The van der Waals surface area contributed by atoms with E-state index in [-0.39, 0.29) is 11.4 Å². The number of carbonyl (C=O) groups excluding carboxylic acids is 1. The predicted octanol–water partition coefficient (Wildman–Crippen LogP) is 1.21. The molecule has 4 heteroatoms. The summed E-state index contributed by atoms with van der Waals surface area (Å²) in [4.78, 5) is 13.6. The van der Waals surface area contributed by atoms with Crippen LogP contribution in [0.15, 0.2) is 0 Å². The highest BCUT2D eigenvalue weighted by atomic mass is 32.1. The zero-order valence-corrected chi connectivity index (χ0v) is 9.40. The van der Waals surface area contributed by atoms with Crippen LogP contribution in [0.5, 0.6) is 0 Å². The SMILES string of the molecule is CCCCN1C(S)NC(=O)C1(C)C. The molecule has 1 atom stereocenters. The maximum absolute atomic E-state index is 11.5. The van der Waals surface area contributed by atoms with Crippen molar-refractivity contribution >= 4 is 18.5 Å². The lowest BCUT2D eigenvalue weighted by Crippen LogP contribution is -2.45. The van der Waals surface area contributed by atoms with E-state index in [0.29, 0.717) is 0 Å². The first-order valence-corrected chi connectivity index (χ1v) is 5.27. The van der Waals surface area contributed by atoms with Gasteiger partial charge in [-0.15, -0.1) is 12.6 Å². The Morgan fingerprint density at radius 2 is 2.23 bits per heavy atom. The summed E-state index contributed by atoms with van der Waals surface area (Å²) in [5.74, 6) is 0.0728. The van der Waals surface area contributed by atoms with Gasteiger partial charge in [0.1, 0.15) is 5.50 Å². The molecule has 0 spiro atoms. The smallest absolute Gasteiger partial charge is 0.241 e. The molecule has 0 aliphatic carbocycles. The highest BCUT2D eigenvalue weighted by Crippen LogP contribution is 2.25. The highest BCUT2D eigenvalue weighted by molar-refractivity contribution is 7.80. The van der Waals surface area contributed by atoms with Crippen LogP contribution >= 0.6 is 12.6 Å². The van der Waals surface area contributed by atoms with Crippen LogP contribution in [0.2, 0.25) is 0 Å². The average molecular weight is 202 g/mol. The van der Waals surface area contributed by atoms with Crippen molar-refractivity contribution < 1.29 is 4.79 Å². The third kappa shape index (κ3) is 1.99. The number of rotatable bonds is 3. The Morgan fingerprint density at radius 3 is 2.62 bits per heavy atom. The van der Waals surface area contributed by atoms with Gasteiger partial charge >= 0.3 is 0 Å². The van der Waals surface area contributed by atoms with Gasteiger partial charge in [-0.3, -0.25) is 9.69 Å². The van der Waals surface area contributed by atoms with Crippen LogP contribution in [0.1, 0.15) is 33.6 Å². The Hall–Kier alpha value is -0.220. The monoisotopic (exact) mass is 202 g/mol. The summed E-state index contributed by atoms with van der Waals surface area (Å²) in [7, 11) is 0. The van der Waals surface area contributed by atoms with Crippen molar-refractivity contribution in [3.8, 4) is 0 Å². The molecule has 3 nitrogen and oxygen atoms in total. The lowest BCUT2D eigenvalue weighted by Gasteiger charge is -2.30. The van der Waals surface area contributed by atoms with E-state index in [9.17, 15) is 4.79 Å². The Morgan fingerprint density at radius 1 is 1.62 bits per heavy atom. The molecular formula is C9H18N2OS. The molecule has 1 heterocycles. The third-order valence-electron chi connectivity index (χ3n) is 2.58. The van der Waals surface area contributed by atoms with Crippen LogP contribution in [0.25, 0.3) is 0 Å². The van der Waals surface area contributed by atoms with Gasteiger partial charge in [-0.2, -0.15) is 0 Å². The molecule has 1 rings (SSSR count). The Labute approximate surface area is 85.3 Å². The van der Waals surface area contributed by atoms with Crippen LogP contribution < -0.4 is 5.32 Å². The van der Waals surface area contributed by atoms with Gasteiger partial charge in [0, 0.05) is 6.54 Å². The molecule has 1 fully saturated rings. The summed E-state index contributed by atoms with van der Waals surface area (Å²) in [6.07, 6.45) is 2.25. The van der Waals surface area contributed by atoms with Crippen molar-refractivity contribution in [2.24, 2.45) is 0 Å². The molecule has 1 aliphatic heterocycles. The molecule has 0 bridgehead atoms. The first-order chi connectivity index (χ1) is 6.00. The van der Waals surface area contributed by atoms with Gasteiger partial charge in [0.25, 0.3) is 0 Å². The fourth-order valence-electron chi connectivity index (χ4n) is 1.54. The van der Waals surface area contributed by atoms with Gasteiger partial charge in [0.2, 0.25) is 5.91 Å². The summed E-state index contributed by atoms with van der Waals surface area (Å²) >= 11 is 4.33. The molecule has 0 aromatic carbocycles. The molecule has 0 aromatic heterocycles. The van der Waals surface area contributed by atoms with Crippen molar-refractivity contribution in [1.29, 1.82) is 0 Å². The van der Waals surface area contributed by atoms with Crippen molar-refractivity contribution in [3.63, 3.8) is 0 Å². The van der Waals surface area contributed by atoms with E-state index in [1.165, 1.54) is 0 Å². The van der Waals surface area contributed by atoms with E-state index in [1.807, 2.05) is 13.8 Å². The highest BCUT2D eigenvalue weighted by Gasteiger charge is 2.44. The van der Waals surface area contributed by atoms with Crippen LogP contribution in [0.3, 0.4) is 0 Å². The first-order valence-electron chi connectivity index (χ1n) is 4.76. The summed E-state index contributed by atoms with van der Waals surface area (Å²) in [6, 6.07) is 0. The Bertz CT molecular complexity index is 206. The Balaban J connectivity index is 2.65. The number of thiol groups is 1. The van der Waals surface area contributed by atoms with E-state index >= 15 is 0 Å². The zero-order valence-electron chi connectivity index (χ0n) is 8.50. The van der Waals surface area contributed by atoms with Gasteiger partial charge in [-0.1, -0.05) is 13.3 Å². The maximum atomic E-state index is 11.5. The van der Waals surface area contributed by atoms with Gasteiger partial charge < -0.3 is 5.32 Å². The van der Waals surface area contributed by atoms with Crippen LogP contribution in [0.4, 0.5) is 0 Å². The largest absolute Gasteiger partial charge is 0.330 e. The quantitative estimate of drug-likeness (QED) is 0.674. The summed E-state index contributed by atoms with van der Waals surface area (Å²) in [6.45, 7) is 6.95. The van der Waals surface area contributed by atoms with Gasteiger partial charge in [-0.25, -0.2) is 0 Å². The topological polar surface area (TPSA) is 32.3 Å². The molecule has 1 saturated heterocycles.